The SMILES string of the molecule is CCCNC(=O)c1ccc(OCCCOc2c(Cl)cc(OCC=C(Cl)Cl)cc2Cl)cc1. The average Bonchev–Trinajstić information content (AvgIpc) is 2.73. The molecule has 2 aromatic carbocycles. The molecule has 0 fully saturated rings. The molecule has 0 saturated heterocycles. The third kappa shape index (κ3) is 9.08. The highest BCUT2D eigenvalue weighted by Crippen LogP contribution is 2.37. The number of amides is 1. The molecule has 0 radical (unpaired) electrons. The smallest absolute Gasteiger partial charge is 0.251 e. The fourth-order valence-electron chi connectivity index (χ4n) is 2.43. The molecule has 31 heavy (non-hydrogen) atoms. The van der Waals surface area contributed by atoms with Crippen LogP contribution in [-0.2, 0) is 0 Å². The second-order valence-corrected chi connectivity index (χ2v) is 8.17. The number of ether oxygens (including phenoxy) is 3. The second-order valence-electron chi connectivity index (χ2n) is 6.35. The van der Waals surface area contributed by atoms with E-state index in [4.69, 9.17) is 60.6 Å². The van der Waals surface area contributed by atoms with E-state index in [1.54, 1.807) is 36.4 Å². The van der Waals surface area contributed by atoms with Crippen LogP contribution >= 0.6 is 46.4 Å². The van der Waals surface area contributed by atoms with Crippen LogP contribution in [0.15, 0.2) is 47.0 Å². The molecule has 0 bridgehead atoms. The van der Waals surface area contributed by atoms with E-state index < -0.39 is 0 Å². The van der Waals surface area contributed by atoms with Crippen LogP contribution in [-0.4, -0.2) is 32.3 Å². The molecule has 0 heterocycles. The number of halogens is 4. The Morgan fingerprint density at radius 1 is 0.968 bits per heavy atom. The predicted octanol–water partition coefficient (Wildman–Crippen LogP) is 6.68. The number of hydrogen-bond acceptors (Lipinski definition) is 4. The summed E-state index contributed by atoms with van der Waals surface area (Å²) in [7, 11) is 0. The Morgan fingerprint density at radius 3 is 2.23 bits per heavy atom. The first-order chi connectivity index (χ1) is 14.9. The molecule has 0 aliphatic rings. The molecule has 2 rings (SSSR count). The zero-order chi connectivity index (χ0) is 22.6. The summed E-state index contributed by atoms with van der Waals surface area (Å²) in [5.41, 5.74) is 0.600. The maximum Gasteiger partial charge on any atom is 0.251 e. The third-order valence-electron chi connectivity index (χ3n) is 3.92. The molecule has 0 atom stereocenters. The van der Waals surface area contributed by atoms with Gasteiger partial charge in [-0.1, -0.05) is 53.3 Å². The summed E-state index contributed by atoms with van der Waals surface area (Å²) in [5, 5.41) is 3.50. The minimum absolute atomic E-state index is 0.0914. The van der Waals surface area contributed by atoms with E-state index in [9.17, 15) is 4.79 Å². The van der Waals surface area contributed by atoms with Crippen LogP contribution in [0.5, 0.6) is 17.2 Å². The Labute approximate surface area is 202 Å². The van der Waals surface area contributed by atoms with Crippen LogP contribution in [0.2, 0.25) is 10.0 Å². The quantitative estimate of drug-likeness (QED) is 0.326. The van der Waals surface area contributed by atoms with Gasteiger partial charge in [0, 0.05) is 30.7 Å². The van der Waals surface area contributed by atoms with Crippen LogP contribution < -0.4 is 19.5 Å². The molecule has 1 amide bonds. The summed E-state index contributed by atoms with van der Waals surface area (Å²) in [6.45, 7) is 3.65. The average molecular weight is 507 g/mol. The van der Waals surface area contributed by atoms with Crippen molar-refractivity contribution in [3.8, 4) is 17.2 Å². The zero-order valence-electron chi connectivity index (χ0n) is 16.9. The van der Waals surface area contributed by atoms with Gasteiger partial charge in [0.25, 0.3) is 5.91 Å². The van der Waals surface area contributed by atoms with Crippen molar-refractivity contribution in [1.29, 1.82) is 0 Å². The predicted molar refractivity (Wildman–Crippen MR) is 126 cm³/mol. The topological polar surface area (TPSA) is 56.8 Å². The van der Waals surface area contributed by atoms with Gasteiger partial charge in [-0.3, -0.25) is 4.79 Å². The first-order valence-electron chi connectivity index (χ1n) is 9.67. The number of rotatable bonds is 12. The van der Waals surface area contributed by atoms with Gasteiger partial charge in [-0.15, -0.1) is 0 Å². The molecule has 0 aliphatic carbocycles. The Balaban J connectivity index is 1.76. The van der Waals surface area contributed by atoms with Crippen LogP contribution in [0.25, 0.3) is 0 Å². The maximum atomic E-state index is 11.9. The van der Waals surface area contributed by atoms with Crippen molar-refractivity contribution < 1.29 is 19.0 Å². The van der Waals surface area contributed by atoms with Gasteiger partial charge in [0.2, 0.25) is 0 Å². The van der Waals surface area contributed by atoms with E-state index in [1.807, 2.05) is 6.92 Å². The zero-order valence-corrected chi connectivity index (χ0v) is 20.0. The second kappa shape index (κ2) is 13.6. The van der Waals surface area contributed by atoms with Gasteiger partial charge >= 0.3 is 0 Å². The van der Waals surface area contributed by atoms with Crippen LogP contribution in [0.1, 0.15) is 30.1 Å². The molecule has 0 saturated carbocycles. The Hall–Kier alpha value is -1.79. The van der Waals surface area contributed by atoms with Crippen molar-refractivity contribution in [1.82, 2.24) is 5.32 Å². The summed E-state index contributed by atoms with van der Waals surface area (Å²) in [6, 6.07) is 10.2. The van der Waals surface area contributed by atoms with E-state index in [2.05, 4.69) is 5.32 Å². The summed E-state index contributed by atoms with van der Waals surface area (Å²) in [5.74, 6) is 1.44. The molecule has 0 aromatic heterocycles. The fraction of sp³-hybridized carbons (Fsp3) is 0.318. The normalized spacial score (nSPS) is 10.4. The summed E-state index contributed by atoms with van der Waals surface area (Å²) in [4.78, 5) is 11.9. The lowest BCUT2D eigenvalue weighted by atomic mass is 10.2. The Bertz CT molecular complexity index is 861. The molecule has 5 nitrogen and oxygen atoms in total. The lowest BCUT2D eigenvalue weighted by molar-refractivity contribution is 0.0953. The Morgan fingerprint density at radius 2 is 1.61 bits per heavy atom. The van der Waals surface area contributed by atoms with E-state index in [0.717, 1.165) is 6.42 Å². The number of nitrogens with one attached hydrogen (secondary N) is 1. The fourth-order valence-corrected chi connectivity index (χ4v) is 3.13. The monoisotopic (exact) mass is 505 g/mol. The number of hydrogen-bond donors (Lipinski definition) is 1. The van der Waals surface area contributed by atoms with Gasteiger partial charge in [0.05, 0.1) is 23.3 Å². The van der Waals surface area contributed by atoms with Gasteiger partial charge in [0.15, 0.2) is 5.75 Å². The molecule has 1 N–H and O–H groups in total. The first kappa shape index (κ1) is 25.5. The molecular weight excluding hydrogens is 484 g/mol. The van der Waals surface area contributed by atoms with Crippen molar-refractivity contribution in [2.24, 2.45) is 0 Å². The number of carbonyl (C=O) groups excluding carboxylic acids is 1. The molecular formula is C22H23Cl4NO4. The van der Waals surface area contributed by atoms with Gasteiger partial charge in [-0.05, 0) is 36.8 Å². The van der Waals surface area contributed by atoms with Crippen molar-refractivity contribution in [3.05, 3.63) is 62.6 Å². The van der Waals surface area contributed by atoms with E-state index in [-0.39, 0.29) is 17.0 Å². The highest BCUT2D eigenvalue weighted by atomic mass is 35.5. The highest BCUT2D eigenvalue weighted by Gasteiger charge is 2.11. The lowest BCUT2D eigenvalue weighted by Crippen LogP contribution is -2.23. The number of benzene rings is 2. The van der Waals surface area contributed by atoms with Crippen LogP contribution in [0.3, 0.4) is 0 Å². The van der Waals surface area contributed by atoms with E-state index >= 15 is 0 Å². The summed E-state index contributed by atoms with van der Waals surface area (Å²) in [6.07, 6.45) is 3.01. The minimum Gasteiger partial charge on any atom is -0.493 e. The summed E-state index contributed by atoms with van der Waals surface area (Å²) >= 11 is 23.5. The Kier molecular flexibility index (Phi) is 11.2. The minimum atomic E-state index is -0.0914. The molecule has 0 unspecified atom stereocenters. The summed E-state index contributed by atoms with van der Waals surface area (Å²) < 4.78 is 16.9. The highest BCUT2D eigenvalue weighted by molar-refractivity contribution is 6.55. The van der Waals surface area contributed by atoms with E-state index in [0.29, 0.717) is 59.0 Å². The van der Waals surface area contributed by atoms with Crippen molar-refractivity contribution in [2.75, 3.05) is 26.4 Å². The maximum absolute atomic E-state index is 11.9. The van der Waals surface area contributed by atoms with E-state index in [1.165, 1.54) is 6.08 Å². The first-order valence-corrected chi connectivity index (χ1v) is 11.2. The van der Waals surface area contributed by atoms with Gasteiger partial charge < -0.3 is 19.5 Å². The van der Waals surface area contributed by atoms with Gasteiger partial charge in [-0.25, -0.2) is 0 Å². The molecule has 0 aliphatic heterocycles. The molecule has 168 valence electrons. The third-order valence-corrected chi connectivity index (χ3v) is 4.79. The molecule has 2 aromatic rings. The molecule has 0 spiro atoms. The van der Waals surface area contributed by atoms with Crippen molar-refractivity contribution in [2.45, 2.75) is 19.8 Å². The number of carbonyl (C=O) groups is 1. The van der Waals surface area contributed by atoms with Crippen molar-refractivity contribution in [3.63, 3.8) is 0 Å². The standard InChI is InChI=1S/C22H23Cl4NO4/c1-2-9-27-22(28)15-4-6-16(7-5-15)29-10-3-11-31-21-18(23)13-17(14-19(21)24)30-12-8-20(25)26/h4-8,13-14H,2-3,9-12H2,1H3,(H,27,28). The van der Waals surface area contributed by atoms with Crippen molar-refractivity contribution >= 4 is 52.3 Å². The lowest BCUT2D eigenvalue weighted by Gasteiger charge is -2.12. The van der Waals surface area contributed by atoms with Gasteiger partial charge in [-0.2, -0.15) is 0 Å². The van der Waals surface area contributed by atoms with Crippen LogP contribution in [0, 0.1) is 0 Å². The van der Waals surface area contributed by atoms with Crippen LogP contribution in [0.4, 0.5) is 0 Å². The largest absolute Gasteiger partial charge is 0.493 e. The van der Waals surface area contributed by atoms with Gasteiger partial charge in [0.1, 0.15) is 22.6 Å². The molecule has 9 heteroatoms.